The van der Waals surface area contributed by atoms with Crippen molar-refractivity contribution in [1.82, 2.24) is 26.6 Å². The summed E-state index contributed by atoms with van der Waals surface area (Å²) in [6.45, 7) is 1.41. The summed E-state index contributed by atoms with van der Waals surface area (Å²) >= 11 is 0. The molecule has 5 amide bonds. The molecule has 0 aromatic carbocycles. The predicted octanol–water partition coefficient (Wildman–Crippen LogP) is -8.40. The lowest BCUT2D eigenvalue weighted by atomic mass is 10.0. The van der Waals surface area contributed by atoms with E-state index in [1.807, 2.05) is 0 Å². The Morgan fingerprint density at radius 2 is 0.767 bits per heavy atom. The van der Waals surface area contributed by atoms with Crippen molar-refractivity contribution in [2.24, 2.45) is 5.11 Å². The van der Waals surface area contributed by atoms with E-state index in [2.05, 4.69) is 36.6 Å². The number of nitrogens with one attached hydrogen (secondary N) is 5. The highest BCUT2D eigenvalue weighted by molar-refractivity contribution is 5.87. The van der Waals surface area contributed by atoms with Gasteiger partial charge in [0, 0.05) is 4.91 Å². The molecular weight excluding hydrogens is 812 g/mol. The van der Waals surface area contributed by atoms with Crippen molar-refractivity contribution in [2.45, 2.75) is 129 Å². The molecule has 0 unspecified atom stereocenters. The first-order valence-electron chi connectivity index (χ1n) is 19.0. The van der Waals surface area contributed by atoms with Crippen LogP contribution in [0.3, 0.4) is 0 Å². The molecule has 27 nitrogen and oxygen atoms in total. The van der Waals surface area contributed by atoms with E-state index in [1.54, 1.807) is 13.8 Å². The normalized spacial score (nSPS) is 41.1. The molecule has 0 aromatic rings. The number of aliphatic hydroxyl groups excluding tert-OH is 6. The summed E-state index contributed by atoms with van der Waals surface area (Å²) < 4.78 is 37.1. The SMILES string of the molecule is CC(C)OC(=O)[C@H]1OC[C@H](NC(=O)[C@H]2OC[C@H](NC(=O)[C@H]3OC[C@H](NC(=O)[C@H]4OC[C@H](NC(=O)[C@H]5OC[C@H](NC(=O)[C@H]6OC[C@H](N=[N+]=[N-])[C@H]6O)[C@H]5O)[C@H]4O)[C@H]3O)[C@H]2O)[C@H]1O. The minimum absolute atomic E-state index is 0.210. The molecule has 0 aliphatic carbocycles. The molecular formula is C33H48N8O19. The molecule has 0 spiro atoms. The molecule has 6 saturated heterocycles. The van der Waals surface area contributed by atoms with Gasteiger partial charge in [-0.05, 0) is 19.4 Å². The van der Waals surface area contributed by atoms with Gasteiger partial charge in [-0.3, -0.25) is 24.0 Å². The minimum atomic E-state index is -1.63. The highest BCUT2D eigenvalue weighted by atomic mass is 16.6. The lowest BCUT2D eigenvalue weighted by Crippen LogP contribution is -2.56. The Kier molecular flexibility index (Phi) is 14.4. The number of esters is 1. The van der Waals surface area contributed by atoms with Gasteiger partial charge in [0.1, 0.15) is 30.5 Å². The molecule has 0 saturated carbocycles. The van der Waals surface area contributed by atoms with Gasteiger partial charge < -0.3 is 90.4 Å². The number of hydrogen-bond acceptors (Lipinski definition) is 20. The van der Waals surface area contributed by atoms with E-state index in [9.17, 15) is 59.4 Å². The smallest absolute Gasteiger partial charge is 0.338 e. The average molecular weight is 861 g/mol. The molecule has 6 aliphatic heterocycles. The first-order chi connectivity index (χ1) is 28.5. The third-order valence-corrected chi connectivity index (χ3v) is 10.8. The Morgan fingerprint density at radius 1 is 0.500 bits per heavy atom. The van der Waals surface area contributed by atoms with Gasteiger partial charge in [0.15, 0.2) is 36.6 Å². The van der Waals surface area contributed by atoms with E-state index in [1.165, 1.54) is 0 Å². The summed E-state index contributed by atoms with van der Waals surface area (Å²) in [5, 5.41) is 79.4. The van der Waals surface area contributed by atoms with Gasteiger partial charge in [0.05, 0.1) is 88.1 Å². The van der Waals surface area contributed by atoms with Crippen molar-refractivity contribution in [3.8, 4) is 0 Å². The van der Waals surface area contributed by atoms with Crippen molar-refractivity contribution in [3.63, 3.8) is 0 Å². The maximum Gasteiger partial charge on any atom is 0.338 e. The fraction of sp³-hybridized carbons (Fsp3) is 0.818. The topological polar surface area (TPSA) is 397 Å². The zero-order chi connectivity index (χ0) is 43.6. The van der Waals surface area contributed by atoms with Crippen molar-refractivity contribution >= 4 is 35.5 Å². The largest absolute Gasteiger partial charge is 0.461 e. The van der Waals surface area contributed by atoms with Gasteiger partial charge >= 0.3 is 5.97 Å². The lowest BCUT2D eigenvalue weighted by molar-refractivity contribution is -0.162. The number of hydrogen-bond donors (Lipinski definition) is 11. The molecule has 334 valence electrons. The van der Waals surface area contributed by atoms with Crippen LogP contribution in [-0.4, -0.2) is 221 Å². The Balaban J connectivity index is 0.918. The molecule has 60 heavy (non-hydrogen) atoms. The van der Waals surface area contributed by atoms with Gasteiger partial charge in [0.25, 0.3) is 29.5 Å². The molecule has 6 heterocycles. The van der Waals surface area contributed by atoms with E-state index in [-0.39, 0.29) is 39.6 Å². The Hall–Kier alpha value is -4.35. The third-order valence-electron chi connectivity index (χ3n) is 10.8. The number of ether oxygens (including phenoxy) is 7. The molecule has 0 bridgehead atoms. The molecule has 6 aliphatic rings. The summed E-state index contributed by atoms with van der Waals surface area (Å²) in [5.74, 6) is -5.27. The molecule has 27 heteroatoms. The van der Waals surface area contributed by atoms with Crippen LogP contribution in [0.4, 0.5) is 0 Å². The highest BCUT2D eigenvalue weighted by Crippen LogP contribution is 2.24. The second-order valence-electron chi connectivity index (χ2n) is 15.3. The summed E-state index contributed by atoms with van der Waals surface area (Å²) in [7, 11) is 0. The van der Waals surface area contributed by atoms with Gasteiger partial charge in [-0.2, -0.15) is 0 Å². The molecule has 11 N–H and O–H groups in total. The molecule has 0 radical (unpaired) electrons. The first-order valence-corrected chi connectivity index (χ1v) is 19.0. The van der Waals surface area contributed by atoms with E-state index in [0.29, 0.717) is 0 Å². The van der Waals surface area contributed by atoms with Crippen LogP contribution in [0.15, 0.2) is 5.11 Å². The van der Waals surface area contributed by atoms with E-state index in [0.717, 1.165) is 0 Å². The summed E-state index contributed by atoms with van der Waals surface area (Å²) in [6.07, 6.45) is -18.7. The monoisotopic (exact) mass is 860 g/mol. The van der Waals surface area contributed by atoms with Crippen LogP contribution in [0.2, 0.25) is 0 Å². The summed E-state index contributed by atoms with van der Waals surface area (Å²) in [6, 6.07) is -6.64. The fourth-order valence-electron chi connectivity index (χ4n) is 7.47. The maximum atomic E-state index is 13.1. The number of aliphatic hydroxyl groups is 6. The molecule has 18 atom stereocenters. The number of rotatable bonds is 13. The number of azide groups is 1. The fourth-order valence-corrected chi connectivity index (χ4v) is 7.47. The minimum Gasteiger partial charge on any atom is -0.461 e. The van der Waals surface area contributed by atoms with Crippen LogP contribution < -0.4 is 26.6 Å². The molecule has 0 aromatic heterocycles. The van der Waals surface area contributed by atoms with Crippen LogP contribution >= 0.6 is 0 Å². The summed E-state index contributed by atoms with van der Waals surface area (Å²) in [4.78, 5) is 79.4. The first kappa shape index (κ1) is 45.2. The predicted molar refractivity (Wildman–Crippen MR) is 188 cm³/mol. The van der Waals surface area contributed by atoms with Gasteiger partial charge in [-0.25, -0.2) is 4.79 Å². The van der Waals surface area contributed by atoms with Crippen LogP contribution in [0, 0.1) is 0 Å². The zero-order valence-corrected chi connectivity index (χ0v) is 32.0. The Morgan fingerprint density at radius 3 is 1.07 bits per heavy atom. The number of carbonyl (C=O) groups is 6. The Labute approximate surface area is 339 Å². The van der Waals surface area contributed by atoms with Crippen LogP contribution in [0.5, 0.6) is 0 Å². The standard InChI is InChI=1S/C33H48N8O19/c1-9(2)60-33(53)27-20(46)14(7-59-27)39-31(51)25-18(44)12(5-57-25)37-29(49)23-16(42)10(3-55-23)35-28(48)22-17(43)11(4-54-22)36-30(50)24-19(45)13(6-56-24)38-32(52)26-21(47)15(8-58-26)40-41-34/h9-27,42-47H,3-8H2,1-2H3,(H,35,48)(H,36,50)(H,37,49)(H,38,52)(H,39,51)/t10-,11-,12-,13-,14-,15-,16+,17+,18+,19+,20+,21+,22-,23-,24-,25-,26-,27-/m0/s1. The summed E-state index contributed by atoms with van der Waals surface area (Å²) in [5.41, 5.74) is 8.58. The highest BCUT2D eigenvalue weighted by Gasteiger charge is 2.51. The number of nitrogens with zero attached hydrogens (tertiary/aromatic N) is 3. The molecule has 6 rings (SSSR count). The van der Waals surface area contributed by atoms with Gasteiger partial charge in [-0.1, -0.05) is 5.11 Å². The zero-order valence-electron chi connectivity index (χ0n) is 32.0. The van der Waals surface area contributed by atoms with E-state index < -0.39 is 151 Å². The van der Waals surface area contributed by atoms with Crippen LogP contribution in [-0.2, 0) is 61.9 Å². The molecule has 6 fully saturated rings. The second kappa shape index (κ2) is 19.1. The maximum absolute atomic E-state index is 13.1. The van der Waals surface area contributed by atoms with Gasteiger partial charge in [0.2, 0.25) is 0 Å². The van der Waals surface area contributed by atoms with Crippen LogP contribution in [0.25, 0.3) is 10.4 Å². The second-order valence-corrected chi connectivity index (χ2v) is 15.3. The van der Waals surface area contributed by atoms with Crippen molar-refractivity contribution in [1.29, 1.82) is 0 Å². The quantitative estimate of drug-likeness (QED) is 0.0354. The van der Waals surface area contributed by atoms with E-state index >= 15 is 0 Å². The van der Waals surface area contributed by atoms with Crippen molar-refractivity contribution < 1.29 is 92.6 Å². The van der Waals surface area contributed by atoms with Gasteiger partial charge in [-0.15, -0.1) is 0 Å². The number of amides is 5. The third kappa shape index (κ3) is 9.57. The van der Waals surface area contributed by atoms with Crippen LogP contribution in [0.1, 0.15) is 13.8 Å². The van der Waals surface area contributed by atoms with Crippen molar-refractivity contribution in [3.05, 3.63) is 10.4 Å². The number of carbonyl (C=O) groups excluding carboxylic acids is 6. The average Bonchev–Trinajstić information content (AvgIpc) is 4.05. The lowest BCUT2D eigenvalue weighted by Gasteiger charge is -2.24. The van der Waals surface area contributed by atoms with E-state index in [4.69, 9.17) is 38.7 Å². The van der Waals surface area contributed by atoms with Crippen molar-refractivity contribution in [2.75, 3.05) is 39.6 Å². The Bertz CT molecular complexity index is 1690.